The number of nitrogens with one attached hydrogen (secondary N) is 1. The van der Waals surface area contributed by atoms with Gasteiger partial charge in [-0.15, -0.1) is 0 Å². The van der Waals surface area contributed by atoms with Crippen molar-refractivity contribution >= 4 is 45.6 Å². The molecule has 1 aromatic heterocycles. The lowest BCUT2D eigenvalue weighted by Crippen LogP contribution is -2.46. The molecule has 0 bridgehead atoms. The summed E-state index contributed by atoms with van der Waals surface area (Å²) in [5.41, 5.74) is 1.50. The number of hydrogen-bond acceptors (Lipinski definition) is 7. The van der Waals surface area contributed by atoms with Crippen molar-refractivity contribution in [2.24, 2.45) is 0 Å². The van der Waals surface area contributed by atoms with Gasteiger partial charge in [-0.2, -0.15) is 0 Å². The first-order chi connectivity index (χ1) is 14.5. The van der Waals surface area contributed by atoms with E-state index >= 15 is 0 Å². The molecular formula is C21H22Cl2N4O3. The lowest BCUT2D eigenvalue weighted by molar-refractivity contribution is -0.0110. The van der Waals surface area contributed by atoms with Crippen LogP contribution >= 0.6 is 23.2 Å². The van der Waals surface area contributed by atoms with E-state index < -0.39 is 0 Å². The van der Waals surface area contributed by atoms with Gasteiger partial charge in [0, 0.05) is 23.7 Å². The van der Waals surface area contributed by atoms with Crippen molar-refractivity contribution in [3.63, 3.8) is 0 Å². The highest BCUT2D eigenvalue weighted by Gasteiger charge is 2.21. The van der Waals surface area contributed by atoms with Crippen molar-refractivity contribution in [2.45, 2.75) is 6.04 Å². The molecular weight excluding hydrogens is 427 g/mol. The molecule has 0 amide bonds. The van der Waals surface area contributed by atoms with Crippen molar-refractivity contribution in [2.75, 3.05) is 45.8 Å². The fourth-order valence-electron chi connectivity index (χ4n) is 3.25. The first kappa shape index (κ1) is 20.9. The van der Waals surface area contributed by atoms with E-state index in [0.717, 1.165) is 29.7 Å². The summed E-state index contributed by atoms with van der Waals surface area (Å²) in [6.07, 6.45) is 1.50. The number of anilines is 2. The number of benzene rings is 2. The Bertz CT molecular complexity index is 1050. The van der Waals surface area contributed by atoms with Crippen LogP contribution in [0.3, 0.4) is 0 Å². The Hall–Kier alpha value is -2.32. The number of rotatable bonds is 6. The van der Waals surface area contributed by atoms with Gasteiger partial charge in [-0.05, 0) is 31.3 Å². The molecule has 30 heavy (non-hydrogen) atoms. The number of hydrogen-bond donors (Lipinski definition) is 1. The second kappa shape index (κ2) is 9.22. The Kier molecular flexibility index (Phi) is 6.43. The maximum absolute atomic E-state index is 6.12. The molecule has 9 heteroatoms. The molecule has 158 valence electrons. The molecule has 0 aliphatic carbocycles. The van der Waals surface area contributed by atoms with Gasteiger partial charge in [-0.25, -0.2) is 9.97 Å². The summed E-state index contributed by atoms with van der Waals surface area (Å²) in [5, 5.41) is 5.01. The minimum atomic E-state index is 0.191. The highest BCUT2D eigenvalue weighted by atomic mass is 35.5. The fourth-order valence-corrected chi connectivity index (χ4v) is 3.54. The Morgan fingerprint density at radius 1 is 1.17 bits per heavy atom. The fraction of sp³-hybridized carbons (Fsp3) is 0.333. The van der Waals surface area contributed by atoms with Crippen LogP contribution < -0.4 is 14.8 Å². The third kappa shape index (κ3) is 4.54. The molecule has 2 aromatic carbocycles. The van der Waals surface area contributed by atoms with E-state index in [9.17, 15) is 0 Å². The maximum Gasteiger partial charge on any atom is 0.163 e. The summed E-state index contributed by atoms with van der Waals surface area (Å²) >= 11 is 12.1. The molecule has 3 aromatic rings. The molecule has 1 aliphatic heterocycles. The van der Waals surface area contributed by atoms with Gasteiger partial charge in [-0.1, -0.05) is 23.2 Å². The summed E-state index contributed by atoms with van der Waals surface area (Å²) in [4.78, 5) is 11.0. The van der Waals surface area contributed by atoms with Crippen molar-refractivity contribution in [3.05, 3.63) is 46.7 Å². The summed E-state index contributed by atoms with van der Waals surface area (Å²) in [7, 11) is 3.68. The number of morpholine rings is 1. The standard InChI is InChI=1S/C21H22Cl2N4O3/c1-27-5-6-29-10-14(27)11-30-20-9-18-15(8-19(20)28-2)21(25-12-24-18)26-13-3-4-16(22)17(23)7-13/h3-4,7-9,12,14H,5-6,10-11H2,1-2H3,(H,24,25,26). The van der Waals surface area contributed by atoms with Crippen LogP contribution in [0.25, 0.3) is 10.9 Å². The van der Waals surface area contributed by atoms with Crippen LogP contribution in [0.4, 0.5) is 11.5 Å². The Labute approximate surface area is 184 Å². The lowest BCUT2D eigenvalue weighted by atomic mass is 10.2. The second-order valence-corrected chi connectivity index (χ2v) is 7.83. The predicted octanol–water partition coefficient (Wildman–Crippen LogP) is 4.40. The zero-order valence-electron chi connectivity index (χ0n) is 16.7. The summed E-state index contributed by atoms with van der Waals surface area (Å²) in [5.74, 6) is 1.86. The summed E-state index contributed by atoms with van der Waals surface area (Å²) in [6, 6.07) is 9.23. The van der Waals surface area contributed by atoms with Crippen LogP contribution in [-0.4, -0.2) is 61.4 Å². The molecule has 0 radical (unpaired) electrons. The van der Waals surface area contributed by atoms with Gasteiger partial charge in [-0.3, -0.25) is 4.90 Å². The van der Waals surface area contributed by atoms with E-state index in [2.05, 4.69) is 27.2 Å². The van der Waals surface area contributed by atoms with Crippen molar-refractivity contribution in [3.8, 4) is 11.5 Å². The quantitative estimate of drug-likeness (QED) is 0.598. The largest absolute Gasteiger partial charge is 0.493 e. The summed E-state index contributed by atoms with van der Waals surface area (Å²) in [6.45, 7) is 2.78. The minimum Gasteiger partial charge on any atom is -0.493 e. The predicted molar refractivity (Wildman–Crippen MR) is 119 cm³/mol. The SMILES string of the molecule is COc1cc2c(Nc3ccc(Cl)c(Cl)c3)ncnc2cc1OCC1COCCN1C. The summed E-state index contributed by atoms with van der Waals surface area (Å²) < 4.78 is 17.2. The number of fused-ring (bicyclic) bond motifs is 1. The van der Waals surface area contributed by atoms with Gasteiger partial charge >= 0.3 is 0 Å². The van der Waals surface area contributed by atoms with Gasteiger partial charge < -0.3 is 19.5 Å². The molecule has 4 rings (SSSR count). The first-order valence-corrected chi connectivity index (χ1v) is 10.3. The third-order valence-corrected chi connectivity index (χ3v) is 5.80. The van der Waals surface area contributed by atoms with Gasteiger partial charge in [0.15, 0.2) is 11.5 Å². The number of likely N-dealkylation sites (N-methyl/N-ethyl adjacent to an activating group) is 1. The molecule has 1 aliphatic rings. The monoisotopic (exact) mass is 448 g/mol. The number of nitrogens with zero attached hydrogens (tertiary/aromatic N) is 3. The molecule has 1 N–H and O–H groups in total. The van der Waals surface area contributed by atoms with Gasteiger partial charge in [0.2, 0.25) is 0 Å². The molecule has 1 saturated heterocycles. The minimum absolute atomic E-state index is 0.191. The normalized spacial score (nSPS) is 17.1. The van der Waals surface area contributed by atoms with E-state index in [1.165, 1.54) is 6.33 Å². The number of ether oxygens (including phenoxy) is 3. The van der Waals surface area contributed by atoms with Crippen LogP contribution in [0, 0.1) is 0 Å². The number of halogens is 2. The molecule has 7 nitrogen and oxygen atoms in total. The Balaban J connectivity index is 1.60. The highest BCUT2D eigenvalue weighted by Crippen LogP contribution is 2.35. The van der Waals surface area contributed by atoms with Gasteiger partial charge in [0.05, 0.1) is 41.9 Å². The van der Waals surface area contributed by atoms with Gasteiger partial charge in [0.25, 0.3) is 0 Å². The van der Waals surface area contributed by atoms with Crippen LogP contribution in [-0.2, 0) is 4.74 Å². The average molecular weight is 449 g/mol. The van der Waals surface area contributed by atoms with Crippen molar-refractivity contribution < 1.29 is 14.2 Å². The van der Waals surface area contributed by atoms with E-state index in [0.29, 0.717) is 40.6 Å². The molecule has 1 unspecified atom stereocenters. The topological polar surface area (TPSA) is 68.7 Å². The first-order valence-electron chi connectivity index (χ1n) is 9.50. The average Bonchev–Trinajstić information content (AvgIpc) is 2.75. The molecule has 2 heterocycles. The van der Waals surface area contributed by atoms with Crippen LogP contribution in [0.15, 0.2) is 36.7 Å². The third-order valence-electron chi connectivity index (χ3n) is 5.06. The van der Waals surface area contributed by atoms with Crippen LogP contribution in [0.2, 0.25) is 10.0 Å². The second-order valence-electron chi connectivity index (χ2n) is 7.02. The molecule has 0 spiro atoms. The van der Waals surface area contributed by atoms with E-state index in [4.69, 9.17) is 37.4 Å². The van der Waals surface area contributed by atoms with Crippen LogP contribution in [0.1, 0.15) is 0 Å². The number of aromatic nitrogens is 2. The molecule has 1 fully saturated rings. The van der Waals surface area contributed by atoms with Gasteiger partial charge in [0.1, 0.15) is 18.8 Å². The number of methoxy groups -OCH3 is 1. The van der Waals surface area contributed by atoms with Crippen LogP contribution in [0.5, 0.6) is 11.5 Å². The van der Waals surface area contributed by atoms with E-state index in [1.54, 1.807) is 19.2 Å². The lowest BCUT2D eigenvalue weighted by Gasteiger charge is -2.32. The zero-order valence-corrected chi connectivity index (χ0v) is 18.2. The smallest absolute Gasteiger partial charge is 0.163 e. The van der Waals surface area contributed by atoms with Crippen molar-refractivity contribution in [1.29, 1.82) is 0 Å². The van der Waals surface area contributed by atoms with Crippen molar-refractivity contribution in [1.82, 2.24) is 14.9 Å². The highest BCUT2D eigenvalue weighted by molar-refractivity contribution is 6.42. The Morgan fingerprint density at radius 2 is 2.03 bits per heavy atom. The maximum atomic E-state index is 6.12. The molecule has 1 atom stereocenters. The van der Waals surface area contributed by atoms with E-state index in [1.807, 2.05) is 18.2 Å². The van der Waals surface area contributed by atoms with E-state index in [-0.39, 0.29) is 6.04 Å². The molecule has 0 saturated carbocycles. The Morgan fingerprint density at radius 3 is 2.80 bits per heavy atom. The zero-order chi connectivity index (χ0) is 21.1.